The van der Waals surface area contributed by atoms with E-state index in [1.165, 1.54) is 6.92 Å². The molecule has 0 saturated carbocycles. The molecule has 0 aliphatic rings. The Bertz CT molecular complexity index is 405. The number of carboxylic acid groups (broad SMARTS) is 1. The lowest BCUT2D eigenvalue weighted by Gasteiger charge is -2.15. The van der Waals surface area contributed by atoms with Crippen molar-refractivity contribution in [2.24, 2.45) is 0 Å². The number of carbonyl (C=O) groups excluding carboxylic acids is 1. The van der Waals surface area contributed by atoms with Crippen LogP contribution in [0, 0.1) is 0 Å². The van der Waals surface area contributed by atoms with Gasteiger partial charge in [0.15, 0.2) is 0 Å². The van der Waals surface area contributed by atoms with E-state index in [-0.39, 0.29) is 18.4 Å². The second-order valence-corrected chi connectivity index (χ2v) is 5.68. The zero-order valence-electron chi connectivity index (χ0n) is 9.40. The number of hydrogen-bond donors (Lipinski definition) is 2. The molecule has 1 aromatic rings. The normalized spacial score (nSPS) is 12.1. The van der Waals surface area contributed by atoms with Gasteiger partial charge in [-0.1, -0.05) is 0 Å². The van der Waals surface area contributed by atoms with Gasteiger partial charge >= 0.3 is 5.97 Å². The number of rotatable bonds is 6. The highest BCUT2D eigenvalue weighted by Crippen LogP contribution is 2.21. The highest BCUT2D eigenvalue weighted by Gasteiger charge is 2.13. The van der Waals surface area contributed by atoms with Crippen molar-refractivity contribution in [1.82, 2.24) is 5.32 Å². The fourth-order valence-electron chi connectivity index (χ4n) is 1.51. The molecule has 0 radical (unpaired) electrons. The summed E-state index contributed by atoms with van der Waals surface area (Å²) in [6, 6.07) is 1.87. The van der Waals surface area contributed by atoms with Crippen LogP contribution in [0.2, 0.25) is 0 Å². The molecule has 94 valence electrons. The van der Waals surface area contributed by atoms with E-state index in [0.29, 0.717) is 12.8 Å². The highest BCUT2D eigenvalue weighted by molar-refractivity contribution is 9.10. The molecule has 1 amide bonds. The fraction of sp³-hybridized carbons (Fsp3) is 0.455. The van der Waals surface area contributed by atoms with Gasteiger partial charge in [0.25, 0.3) is 0 Å². The first-order valence-electron chi connectivity index (χ1n) is 5.19. The van der Waals surface area contributed by atoms with Gasteiger partial charge in [0.05, 0.1) is 0 Å². The van der Waals surface area contributed by atoms with Gasteiger partial charge in [-0.3, -0.25) is 9.59 Å². The van der Waals surface area contributed by atoms with E-state index in [9.17, 15) is 9.59 Å². The summed E-state index contributed by atoms with van der Waals surface area (Å²) in [6.07, 6.45) is 1.19. The van der Waals surface area contributed by atoms with E-state index in [1.807, 2.05) is 11.4 Å². The minimum absolute atomic E-state index is 0.0670. The van der Waals surface area contributed by atoms with Crippen LogP contribution < -0.4 is 5.32 Å². The lowest BCUT2D eigenvalue weighted by atomic mass is 10.1. The number of carbonyl (C=O) groups is 2. The predicted molar refractivity (Wildman–Crippen MR) is 70.2 cm³/mol. The van der Waals surface area contributed by atoms with Gasteiger partial charge in [0.1, 0.15) is 0 Å². The molecule has 1 heterocycles. The van der Waals surface area contributed by atoms with Crippen molar-refractivity contribution in [2.45, 2.75) is 32.2 Å². The van der Waals surface area contributed by atoms with Crippen molar-refractivity contribution < 1.29 is 14.7 Å². The Labute approximate surface area is 112 Å². The summed E-state index contributed by atoms with van der Waals surface area (Å²) in [5, 5.41) is 13.4. The first-order valence-corrected chi connectivity index (χ1v) is 6.86. The first kappa shape index (κ1) is 14.2. The zero-order valence-corrected chi connectivity index (χ0v) is 11.8. The molecule has 17 heavy (non-hydrogen) atoms. The van der Waals surface area contributed by atoms with E-state index < -0.39 is 5.97 Å². The third-order valence-corrected chi connectivity index (χ3v) is 3.90. The molecule has 4 nitrogen and oxygen atoms in total. The first-order chi connectivity index (χ1) is 7.97. The average Bonchev–Trinajstić information content (AvgIpc) is 2.59. The summed E-state index contributed by atoms with van der Waals surface area (Å²) in [5.41, 5.74) is 0. The summed E-state index contributed by atoms with van der Waals surface area (Å²) in [6.45, 7) is 1.44. The Morgan fingerprint density at radius 3 is 2.76 bits per heavy atom. The number of amides is 1. The van der Waals surface area contributed by atoms with E-state index in [4.69, 9.17) is 5.11 Å². The standard InChI is InChI=1S/C11H14BrNO3S/c1-7(14)13-9(2-3-11(15)16)5-10-4-8(12)6-17-10/h4,6,9H,2-3,5H2,1H3,(H,13,14)(H,15,16). The van der Waals surface area contributed by atoms with Crippen molar-refractivity contribution in [3.63, 3.8) is 0 Å². The number of carboxylic acids is 1. The topological polar surface area (TPSA) is 66.4 Å². The van der Waals surface area contributed by atoms with E-state index in [2.05, 4.69) is 21.2 Å². The van der Waals surface area contributed by atoms with Crippen molar-refractivity contribution in [3.05, 3.63) is 20.8 Å². The summed E-state index contributed by atoms with van der Waals surface area (Å²) in [4.78, 5) is 22.7. The summed E-state index contributed by atoms with van der Waals surface area (Å²) in [7, 11) is 0. The molecule has 6 heteroatoms. The van der Waals surface area contributed by atoms with Crippen LogP contribution in [0.25, 0.3) is 0 Å². The molecule has 0 aliphatic carbocycles. The Balaban J connectivity index is 2.56. The summed E-state index contributed by atoms with van der Waals surface area (Å²) >= 11 is 4.96. The average molecular weight is 320 g/mol. The molecule has 0 aliphatic heterocycles. The number of halogens is 1. The van der Waals surface area contributed by atoms with Gasteiger partial charge in [-0.05, 0) is 28.4 Å². The molecule has 0 spiro atoms. The SMILES string of the molecule is CC(=O)NC(CCC(=O)O)Cc1cc(Br)cs1. The lowest BCUT2D eigenvalue weighted by molar-refractivity contribution is -0.137. The maximum Gasteiger partial charge on any atom is 0.303 e. The van der Waals surface area contributed by atoms with Crippen LogP contribution >= 0.6 is 27.3 Å². The highest BCUT2D eigenvalue weighted by atomic mass is 79.9. The van der Waals surface area contributed by atoms with Gasteiger partial charge in [-0.2, -0.15) is 0 Å². The van der Waals surface area contributed by atoms with E-state index in [0.717, 1.165) is 9.35 Å². The number of hydrogen-bond acceptors (Lipinski definition) is 3. The minimum Gasteiger partial charge on any atom is -0.481 e. The quantitative estimate of drug-likeness (QED) is 0.846. The van der Waals surface area contributed by atoms with Crippen LogP contribution in [-0.4, -0.2) is 23.0 Å². The Kier molecular flexibility index (Phi) is 5.64. The third kappa shape index (κ3) is 5.83. The number of thiophene rings is 1. The van der Waals surface area contributed by atoms with Crippen LogP contribution in [-0.2, 0) is 16.0 Å². The van der Waals surface area contributed by atoms with Crippen molar-refractivity contribution in [3.8, 4) is 0 Å². The van der Waals surface area contributed by atoms with E-state index in [1.54, 1.807) is 11.3 Å². The van der Waals surface area contributed by atoms with Gasteiger partial charge in [-0.15, -0.1) is 11.3 Å². The Morgan fingerprint density at radius 1 is 1.59 bits per heavy atom. The van der Waals surface area contributed by atoms with Crippen LogP contribution in [0.3, 0.4) is 0 Å². The van der Waals surface area contributed by atoms with Crippen molar-refractivity contribution in [2.75, 3.05) is 0 Å². The van der Waals surface area contributed by atoms with E-state index >= 15 is 0 Å². The lowest BCUT2D eigenvalue weighted by Crippen LogP contribution is -2.35. The Morgan fingerprint density at radius 2 is 2.29 bits per heavy atom. The largest absolute Gasteiger partial charge is 0.481 e. The van der Waals surface area contributed by atoms with Crippen molar-refractivity contribution in [1.29, 1.82) is 0 Å². The number of aliphatic carboxylic acids is 1. The molecule has 1 unspecified atom stereocenters. The Hall–Kier alpha value is -0.880. The number of nitrogens with one attached hydrogen (secondary N) is 1. The van der Waals surface area contributed by atoms with Gasteiger partial charge in [0, 0.05) is 40.5 Å². The fourth-order valence-corrected chi connectivity index (χ4v) is 3.05. The van der Waals surface area contributed by atoms with Crippen LogP contribution in [0.15, 0.2) is 15.9 Å². The van der Waals surface area contributed by atoms with Crippen molar-refractivity contribution >= 4 is 39.1 Å². The van der Waals surface area contributed by atoms with Gasteiger partial charge in [-0.25, -0.2) is 0 Å². The monoisotopic (exact) mass is 319 g/mol. The molecule has 1 atom stereocenters. The second-order valence-electron chi connectivity index (χ2n) is 3.77. The predicted octanol–water partition coefficient (Wildman–Crippen LogP) is 2.42. The molecule has 1 aromatic heterocycles. The molecule has 1 rings (SSSR count). The van der Waals surface area contributed by atoms with Crippen LogP contribution in [0.4, 0.5) is 0 Å². The molecule has 2 N–H and O–H groups in total. The van der Waals surface area contributed by atoms with Crippen LogP contribution in [0.1, 0.15) is 24.6 Å². The molecule has 0 bridgehead atoms. The minimum atomic E-state index is -0.840. The molecular formula is C11H14BrNO3S. The zero-order chi connectivity index (χ0) is 12.8. The maximum absolute atomic E-state index is 11.0. The second kappa shape index (κ2) is 6.76. The third-order valence-electron chi connectivity index (χ3n) is 2.18. The maximum atomic E-state index is 11.0. The van der Waals surface area contributed by atoms with Gasteiger partial charge in [0.2, 0.25) is 5.91 Å². The molecule has 0 fully saturated rings. The van der Waals surface area contributed by atoms with Gasteiger partial charge < -0.3 is 10.4 Å². The molecular weight excluding hydrogens is 306 g/mol. The smallest absolute Gasteiger partial charge is 0.303 e. The molecule has 0 aromatic carbocycles. The van der Waals surface area contributed by atoms with Crippen LogP contribution in [0.5, 0.6) is 0 Å². The molecule has 0 saturated heterocycles. The summed E-state index contributed by atoms with van der Waals surface area (Å²) in [5.74, 6) is -0.969. The summed E-state index contributed by atoms with van der Waals surface area (Å²) < 4.78 is 1.01.